The number of nitrogens with one attached hydrogen (secondary N) is 1. The van der Waals surface area contributed by atoms with Gasteiger partial charge in [-0.3, -0.25) is 23.9 Å². The minimum Gasteiger partial charge on any atom is -0.459 e. The van der Waals surface area contributed by atoms with Gasteiger partial charge >= 0.3 is 5.97 Å². The fraction of sp³-hybridized carbons (Fsp3) is 0.562. The Kier molecular flexibility index (Phi) is 7.48. The van der Waals surface area contributed by atoms with Gasteiger partial charge in [0.2, 0.25) is 5.95 Å². The highest BCUT2D eigenvalue weighted by atomic mass is 16.6. The highest BCUT2D eigenvalue weighted by Gasteiger charge is 2.48. The van der Waals surface area contributed by atoms with Crippen LogP contribution in [0.4, 0.5) is 17.5 Å². The monoisotopic (exact) mass is 587 g/mol. The molecule has 11 heteroatoms. The summed E-state index contributed by atoms with van der Waals surface area (Å²) in [6.45, 7) is 12.9. The average Bonchev–Trinajstić information content (AvgIpc) is 3.59. The average molecular weight is 588 g/mol. The van der Waals surface area contributed by atoms with Gasteiger partial charge in [0.1, 0.15) is 17.1 Å². The van der Waals surface area contributed by atoms with Crippen molar-refractivity contribution >= 4 is 40.2 Å². The number of hydrogen-bond acceptors (Lipinski definition) is 10. The van der Waals surface area contributed by atoms with E-state index in [-0.39, 0.29) is 34.3 Å². The van der Waals surface area contributed by atoms with E-state index in [0.29, 0.717) is 34.9 Å². The number of likely N-dealkylation sites (tertiary alicyclic amines) is 1. The topological polar surface area (TPSA) is 123 Å². The molecule has 1 spiro atoms. The standard InChI is InChI=1S/C32H41N7O4/c1-20-24-15-34-30(36-28(24)39(22-8-6-7-9-22)29(42)27(20)21(2)40)35-25-11-10-23(14-33-25)38-13-12-32(19-38)17-37(18-32)16-26(41)43-31(3,4)5/h10-11,14-15,22H,6-9,12-13,16-19H2,1-5H3,(H,33,34,35,36). The molecule has 11 nitrogen and oxygen atoms in total. The molecule has 6 rings (SSSR count). The molecule has 5 heterocycles. The number of ketones is 1. The summed E-state index contributed by atoms with van der Waals surface area (Å²) in [5.74, 6) is 0.559. The maximum atomic E-state index is 13.5. The molecule has 0 bridgehead atoms. The van der Waals surface area contributed by atoms with Gasteiger partial charge in [-0.15, -0.1) is 0 Å². The molecule has 3 aliphatic rings. The van der Waals surface area contributed by atoms with Gasteiger partial charge in [-0.25, -0.2) is 9.97 Å². The van der Waals surface area contributed by atoms with Crippen molar-refractivity contribution in [2.45, 2.75) is 78.4 Å². The van der Waals surface area contributed by atoms with Crippen LogP contribution in [0, 0.1) is 12.3 Å². The van der Waals surface area contributed by atoms with Crippen LogP contribution >= 0.6 is 0 Å². The normalized spacial score (nSPS) is 18.8. The Hall–Kier alpha value is -3.86. The lowest BCUT2D eigenvalue weighted by Gasteiger charge is -2.47. The van der Waals surface area contributed by atoms with Crippen LogP contribution in [0.25, 0.3) is 11.0 Å². The second-order valence-corrected chi connectivity index (χ2v) is 13.5. The zero-order chi connectivity index (χ0) is 30.5. The van der Waals surface area contributed by atoms with Crippen molar-refractivity contribution in [2.75, 3.05) is 42.9 Å². The third-order valence-corrected chi connectivity index (χ3v) is 8.93. The molecule has 1 N–H and O–H groups in total. The molecular weight excluding hydrogens is 546 g/mol. The summed E-state index contributed by atoms with van der Waals surface area (Å²) in [6.07, 6.45) is 8.52. The first-order valence-corrected chi connectivity index (χ1v) is 15.3. The first-order valence-electron chi connectivity index (χ1n) is 15.3. The second-order valence-electron chi connectivity index (χ2n) is 13.5. The van der Waals surface area contributed by atoms with Crippen LogP contribution in [0.2, 0.25) is 0 Å². The number of pyridine rings is 2. The van der Waals surface area contributed by atoms with E-state index >= 15 is 0 Å². The molecule has 1 aliphatic carbocycles. The molecule has 0 radical (unpaired) electrons. The van der Waals surface area contributed by atoms with Gasteiger partial charge in [-0.1, -0.05) is 12.8 Å². The minimum atomic E-state index is -0.463. The predicted octanol–water partition coefficient (Wildman–Crippen LogP) is 4.41. The summed E-state index contributed by atoms with van der Waals surface area (Å²) in [5.41, 5.74) is 1.93. The van der Waals surface area contributed by atoms with Crippen molar-refractivity contribution in [1.29, 1.82) is 0 Å². The summed E-state index contributed by atoms with van der Waals surface area (Å²) < 4.78 is 7.19. The van der Waals surface area contributed by atoms with E-state index in [1.54, 1.807) is 17.7 Å². The Labute approximate surface area is 251 Å². The molecule has 0 amide bonds. The van der Waals surface area contributed by atoms with E-state index in [1.165, 1.54) is 6.92 Å². The first-order chi connectivity index (χ1) is 20.4. The van der Waals surface area contributed by atoms with Crippen LogP contribution < -0.4 is 15.8 Å². The number of anilines is 3. The lowest BCUT2D eigenvalue weighted by atomic mass is 9.79. The van der Waals surface area contributed by atoms with Gasteiger partial charge < -0.3 is 15.0 Å². The van der Waals surface area contributed by atoms with Crippen LogP contribution in [0.5, 0.6) is 0 Å². The predicted molar refractivity (Wildman–Crippen MR) is 165 cm³/mol. The molecule has 3 aromatic rings. The van der Waals surface area contributed by atoms with Crippen molar-refractivity contribution in [3.8, 4) is 0 Å². The van der Waals surface area contributed by atoms with E-state index in [9.17, 15) is 14.4 Å². The van der Waals surface area contributed by atoms with Crippen LogP contribution in [-0.2, 0) is 9.53 Å². The number of Topliss-reactive ketones (excluding diaryl/α,β-unsaturated/α-hetero) is 1. The molecule has 1 saturated carbocycles. The van der Waals surface area contributed by atoms with E-state index in [2.05, 4.69) is 25.1 Å². The van der Waals surface area contributed by atoms with Crippen LogP contribution in [0.15, 0.2) is 29.3 Å². The first kappa shape index (κ1) is 29.2. The Morgan fingerprint density at radius 2 is 1.84 bits per heavy atom. The van der Waals surface area contributed by atoms with Gasteiger partial charge in [-0.05, 0) is 71.6 Å². The quantitative estimate of drug-likeness (QED) is 0.314. The molecule has 0 atom stereocenters. The number of nitrogens with zero attached hydrogens (tertiary/aromatic N) is 6. The maximum absolute atomic E-state index is 13.5. The van der Waals surface area contributed by atoms with E-state index in [4.69, 9.17) is 9.72 Å². The zero-order valence-corrected chi connectivity index (χ0v) is 25.8. The van der Waals surface area contributed by atoms with Crippen molar-refractivity contribution in [3.05, 3.63) is 46.0 Å². The van der Waals surface area contributed by atoms with Crippen LogP contribution in [0.1, 0.15) is 81.8 Å². The molecular formula is C32H41N7O4. The molecule has 228 valence electrons. The highest BCUT2D eigenvalue weighted by Crippen LogP contribution is 2.41. The number of carbonyl (C=O) groups excluding carboxylic acids is 2. The number of ether oxygens (including phenoxy) is 1. The number of aromatic nitrogens is 4. The Bertz CT molecular complexity index is 1610. The van der Waals surface area contributed by atoms with Crippen molar-refractivity contribution in [1.82, 2.24) is 24.4 Å². The minimum absolute atomic E-state index is 0.0256. The number of hydrogen-bond donors (Lipinski definition) is 1. The molecule has 0 aromatic carbocycles. The fourth-order valence-electron chi connectivity index (χ4n) is 7.05. The number of fused-ring (bicyclic) bond motifs is 1. The van der Waals surface area contributed by atoms with E-state index in [0.717, 1.165) is 64.0 Å². The van der Waals surface area contributed by atoms with Crippen molar-refractivity contribution < 1.29 is 14.3 Å². The number of rotatable bonds is 7. The zero-order valence-electron chi connectivity index (χ0n) is 25.8. The number of carbonyl (C=O) groups is 2. The summed E-state index contributed by atoms with van der Waals surface area (Å²) in [4.78, 5) is 56.5. The van der Waals surface area contributed by atoms with Gasteiger partial charge in [-0.2, -0.15) is 4.98 Å². The molecule has 3 aromatic heterocycles. The summed E-state index contributed by atoms with van der Waals surface area (Å²) >= 11 is 0. The Balaban J connectivity index is 1.14. The van der Waals surface area contributed by atoms with Gasteiger partial charge in [0, 0.05) is 49.2 Å². The van der Waals surface area contributed by atoms with Gasteiger partial charge in [0.15, 0.2) is 5.78 Å². The molecule has 0 unspecified atom stereocenters. The summed E-state index contributed by atoms with van der Waals surface area (Å²) in [5, 5.41) is 3.92. The highest BCUT2D eigenvalue weighted by molar-refractivity contribution is 5.99. The fourth-order valence-corrected chi connectivity index (χ4v) is 7.05. The maximum Gasteiger partial charge on any atom is 0.320 e. The second kappa shape index (κ2) is 11.0. The van der Waals surface area contributed by atoms with E-state index in [1.807, 2.05) is 39.1 Å². The Morgan fingerprint density at radius 1 is 1.09 bits per heavy atom. The van der Waals surface area contributed by atoms with Crippen molar-refractivity contribution in [3.63, 3.8) is 0 Å². The smallest absolute Gasteiger partial charge is 0.320 e. The molecule has 2 aliphatic heterocycles. The largest absolute Gasteiger partial charge is 0.459 e. The number of aryl methyl sites for hydroxylation is 1. The van der Waals surface area contributed by atoms with Gasteiger partial charge in [0.05, 0.1) is 24.0 Å². The summed E-state index contributed by atoms with van der Waals surface area (Å²) in [6, 6.07) is 3.99. The lowest BCUT2D eigenvalue weighted by molar-refractivity contribution is -0.159. The lowest BCUT2D eigenvalue weighted by Crippen LogP contribution is -2.59. The van der Waals surface area contributed by atoms with E-state index < -0.39 is 5.60 Å². The molecule has 2 saturated heterocycles. The molecule has 43 heavy (non-hydrogen) atoms. The third kappa shape index (κ3) is 5.87. The number of esters is 1. The van der Waals surface area contributed by atoms with Crippen LogP contribution in [0.3, 0.4) is 0 Å². The SMILES string of the molecule is CC(=O)c1c(C)c2cnc(Nc3ccc(N4CCC5(CN(CC(=O)OC(C)(C)C)C5)C4)cn3)nc2n(C2CCCC2)c1=O. The third-order valence-electron chi connectivity index (χ3n) is 8.93. The molecule has 3 fully saturated rings. The van der Waals surface area contributed by atoms with Gasteiger partial charge in [0.25, 0.3) is 5.56 Å². The van der Waals surface area contributed by atoms with Crippen LogP contribution in [-0.4, -0.2) is 74.5 Å². The summed E-state index contributed by atoms with van der Waals surface area (Å²) in [7, 11) is 0. The Morgan fingerprint density at radius 3 is 2.49 bits per heavy atom. The van der Waals surface area contributed by atoms with Crippen molar-refractivity contribution in [2.24, 2.45) is 5.41 Å².